The van der Waals surface area contributed by atoms with Gasteiger partial charge in [-0.15, -0.1) is 0 Å². The molecule has 0 unspecified atom stereocenters. The molecule has 0 aliphatic heterocycles. The first-order valence-electron chi connectivity index (χ1n) is 6.01. The lowest BCUT2D eigenvalue weighted by atomic mass is 10.2. The van der Waals surface area contributed by atoms with Crippen LogP contribution in [0.5, 0.6) is 0 Å². The van der Waals surface area contributed by atoms with Crippen LogP contribution in [0.25, 0.3) is 12.2 Å². The fourth-order valence-corrected chi connectivity index (χ4v) is 1.88. The molecule has 0 aliphatic rings. The van der Waals surface area contributed by atoms with Gasteiger partial charge < -0.3 is 0 Å². The van der Waals surface area contributed by atoms with E-state index in [0.29, 0.717) is 0 Å². The minimum atomic E-state index is 1.12. The van der Waals surface area contributed by atoms with Crippen molar-refractivity contribution in [3.05, 3.63) is 28.3 Å². The number of aryl methyl sites for hydroxylation is 1. The third-order valence-corrected chi connectivity index (χ3v) is 2.51. The molecule has 1 aromatic rings. The van der Waals surface area contributed by atoms with Gasteiger partial charge >= 0.3 is 0 Å². The van der Waals surface area contributed by atoms with Crippen LogP contribution in [-0.4, -0.2) is 4.37 Å². The zero-order valence-corrected chi connectivity index (χ0v) is 12.5. The molecule has 0 radical (unpaired) electrons. The van der Waals surface area contributed by atoms with Crippen molar-refractivity contribution < 1.29 is 0 Å². The Balaban J connectivity index is 0. The largest absolute Gasteiger partial charge is 0.197 e. The molecule has 2 heteroatoms. The Hall–Kier alpha value is -0.890. The van der Waals surface area contributed by atoms with Crippen LogP contribution in [0.4, 0.5) is 0 Å². The van der Waals surface area contributed by atoms with Gasteiger partial charge in [-0.05, 0) is 38.4 Å². The van der Waals surface area contributed by atoms with Crippen LogP contribution in [-0.2, 0) is 0 Å². The molecule has 1 rings (SSSR count). The maximum absolute atomic E-state index is 4.29. The van der Waals surface area contributed by atoms with E-state index in [2.05, 4.69) is 16.5 Å². The summed E-state index contributed by atoms with van der Waals surface area (Å²) in [6.07, 6.45) is 8.29. The maximum atomic E-state index is 4.29. The van der Waals surface area contributed by atoms with E-state index in [-0.39, 0.29) is 0 Å². The summed E-state index contributed by atoms with van der Waals surface area (Å²) < 4.78 is 4.29. The van der Waals surface area contributed by atoms with Crippen molar-refractivity contribution in [3.8, 4) is 0 Å². The van der Waals surface area contributed by atoms with Crippen LogP contribution in [0.3, 0.4) is 0 Å². The van der Waals surface area contributed by atoms with Gasteiger partial charge in [0.25, 0.3) is 0 Å². The lowest BCUT2D eigenvalue weighted by molar-refractivity contribution is 1.33. The van der Waals surface area contributed by atoms with Crippen LogP contribution in [0, 0.1) is 6.92 Å². The summed E-state index contributed by atoms with van der Waals surface area (Å²) in [4.78, 5) is 1.24. The smallest absolute Gasteiger partial charge is 0.0589 e. The van der Waals surface area contributed by atoms with E-state index in [1.54, 1.807) is 11.5 Å². The quantitative estimate of drug-likeness (QED) is 0.657. The molecule has 0 saturated carbocycles. The van der Waals surface area contributed by atoms with Crippen LogP contribution < -0.4 is 0 Å². The van der Waals surface area contributed by atoms with Gasteiger partial charge in [0.2, 0.25) is 0 Å². The van der Waals surface area contributed by atoms with Crippen molar-refractivity contribution in [2.75, 3.05) is 0 Å². The van der Waals surface area contributed by atoms with E-state index in [4.69, 9.17) is 0 Å². The maximum Gasteiger partial charge on any atom is 0.0589 e. The van der Waals surface area contributed by atoms with Gasteiger partial charge in [-0.25, -0.2) is 0 Å². The fraction of sp³-hybridized carbons (Fsp3) is 0.500. The molecule has 0 saturated heterocycles. The molecule has 1 aromatic heterocycles. The molecule has 0 atom stereocenters. The summed E-state index contributed by atoms with van der Waals surface area (Å²) in [5.74, 6) is 0. The summed E-state index contributed by atoms with van der Waals surface area (Å²) in [7, 11) is 0. The van der Waals surface area contributed by atoms with Crippen molar-refractivity contribution in [2.24, 2.45) is 0 Å². The van der Waals surface area contributed by atoms with E-state index >= 15 is 0 Å². The van der Waals surface area contributed by atoms with Crippen molar-refractivity contribution in [1.82, 2.24) is 4.37 Å². The Morgan fingerprint density at radius 2 is 1.44 bits per heavy atom. The Kier molecular flexibility index (Phi) is 13.3. The molecule has 16 heavy (non-hydrogen) atoms. The second-order valence-electron chi connectivity index (χ2n) is 2.55. The molecule has 1 heterocycles. The minimum Gasteiger partial charge on any atom is -0.197 e. The fourth-order valence-electron chi connectivity index (χ4n) is 1.04. The molecule has 1 nitrogen and oxygen atoms in total. The molecular weight excluding hydrogens is 214 g/mol. The molecule has 0 aliphatic carbocycles. The van der Waals surface area contributed by atoms with Crippen LogP contribution in [0.15, 0.2) is 12.2 Å². The SMILES string of the molecule is C/C=C\c1snc(C)c1/C=C\C.CC.CC. The molecule has 0 aromatic carbocycles. The first kappa shape index (κ1) is 17.5. The molecule has 92 valence electrons. The van der Waals surface area contributed by atoms with Gasteiger partial charge in [0.05, 0.1) is 10.6 Å². The summed E-state index contributed by atoms with van der Waals surface area (Å²) in [5, 5.41) is 0. The first-order chi connectivity index (χ1) is 7.79. The number of allylic oxidation sites excluding steroid dienone is 2. The number of hydrogen-bond donors (Lipinski definition) is 0. The number of aromatic nitrogens is 1. The number of nitrogens with zero attached hydrogens (tertiary/aromatic N) is 1. The van der Waals surface area contributed by atoms with Gasteiger partial charge in [-0.2, -0.15) is 4.37 Å². The molecule has 0 spiro atoms. The Morgan fingerprint density at radius 3 is 1.88 bits per heavy atom. The lowest BCUT2D eigenvalue weighted by Gasteiger charge is -1.90. The van der Waals surface area contributed by atoms with E-state index in [0.717, 1.165) is 5.69 Å². The molecule has 0 N–H and O–H groups in total. The highest BCUT2D eigenvalue weighted by Gasteiger charge is 2.03. The number of hydrogen-bond acceptors (Lipinski definition) is 2. The third-order valence-electron chi connectivity index (χ3n) is 1.59. The molecular formula is C14H25NS. The van der Waals surface area contributed by atoms with E-state index in [1.165, 1.54) is 10.4 Å². The number of rotatable bonds is 2. The van der Waals surface area contributed by atoms with Gasteiger partial charge in [0.15, 0.2) is 0 Å². The average Bonchev–Trinajstić information content (AvgIpc) is 2.68. The third kappa shape index (κ3) is 5.86. The second kappa shape index (κ2) is 12.2. The molecule has 0 bridgehead atoms. The Bertz CT molecular complexity index is 309. The monoisotopic (exact) mass is 239 g/mol. The van der Waals surface area contributed by atoms with Crippen LogP contribution >= 0.6 is 11.5 Å². The lowest BCUT2D eigenvalue weighted by Crippen LogP contribution is -1.75. The van der Waals surface area contributed by atoms with E-state index in [1.807, 2.05) is 60.6 Å². The Labute approximate surface area is 105 Å². The zero-order chi connectivity index (χ0) is 13.0. The average molecular weight is 239 g/mol. The van der Waals surface area contributed by atoms with E-state index in [9.17, 15) is 0 Å². The van der Waals surface area contributed by atoms with Gasteiger partial charge in [-0.3, -0.25) is 0 Å². The topological polar surface area (TPSA) is 12.9 Å². The second-order valence-corrected chi connectivity index (χ2v) is 3.35. The highest BCUT2D eigenvalue weighted by atomic mass is 32.1. The van der Waals surface area contributed by atoms with Crippen molar-refractivity contribution in [2.45, 2.75) is 48.5 Å². The van der Waals surface area contributed by atoms with Crippen LogP contribution in [0.2, 0.25) is 0 Å². The van der Waals surface area contributed by atoms with Crippen molar-refractivity contribution in [3.63, 3.8) is 0 Å². The summed E-state index contributed by atoms with van der Waals surface area (Å²) >= 11 is 1.55. The normalized spacial score (nSPS) is 9.69. The van der Waals surface area contributed by atoms with Gasteiger partial charge in [0.1, 0.15) is 0 Å². The zero-order valence-electron chi connectivity index (χ0n) is 11.7. The predicted octanol–water partition coefficient (Wildman–Crippen LogP) is 5.57. The van der Waals surface area contributed by atoms with Crippen molar-refractivity contribution >= 4 is 23.7 Å². The first-order valence-corrected chi connectivity index (χ1v) is 6.78. The highest BCUT2D eigenvalue weighted by molar-refractivity contribution is 7.07. The predicted molar refractivity (Wildman–Crippen MR) is 79.0 cm³/mol. The van der Waals surface area contributed by atoms with Crippen LogP contribution in [0.1, 0.15) is 57.7 Å². The minimum absolute atomic E-state index is 1.12. The van der Waals surface area contributed by atoms with Gasteiger partial charge in [-0.1, -0.05) is 45.9 Å². The summed E-state index contributed by atoms with van der Waals surface area (Å²) in [6, 6.07) is 0. The van der Waals surface area contributed by atoms with Gasteiger partial charge in [0, 0.05) is 5.56 Å². The Morgan fingerprint density at radius 1 is 0.938 bits per heavy atom. The standard InChI is InChI=1S/C10H13NS.2C2H6/c1-4-6-9-8(3)11-12-10(9)7-5-2;2*1-2/h4-7H,1-3H3;2*1-2H3/b6-4-,7-5-;;. The molecule has 0 amide bonds. The summed E-state index contributed by atoms with van der Waals surface area (Å²) in [5.41, 5.74) is 2.37. The summed E-state index contributed by atoms with van der Waals surface area (Å²) in [6.45, 7) is 14.1. The van der Waals surface area contributed by atoms with Crippen molar-refractivity contribution in [1.29, 1.82) is 0 Å². The molecule has 0 fully saturated rings. The van der Waals surface area contributed by atoms with E-state index < -0.39 is 0 Å². The highest BCUT2D eigenvalue weighted by Crippen LogP contribution is 2.21.